The maximum absolute atomic E-state index is 1.50. The Morgan fingerprint density at radius 3 is 0.545 bits per heavy atom. The summed E-state index contributed by atoms with van der Waals surface area (Å²) in [6, 6.07) is 0. The van der Waals surface area contributed by atoms with Gasteiger partial charge < -0.3 is 2.85 Å². The molecule has 11 heavy (non-hydrogen) atoms. The molecule has 0 aromatic heterocycles. The van der Waals surface area contributed by atoms with Crippen LogP contribution in [0.1, 0.15) is 67.1 Å². The van der Waals surface area contributed by atoms with Gasteiger partial charge in [-0.25, -0.2) is 0 Å². The third-order valence-electron chi connectivity index (χ3n) is 2.50. The van der Waals surface area contributed by atoms with Crippen LogP contribution in [0.2, 0.25) is 0 Å². The SMILES string of the molecule is C1CCCC1.C1CCCC1.[H-].[H-].[Mg+2]. The van der Waals surface area contributed by atoms with Gasteiger partial charge >= 0.3 is 23.1 Å². The van der Waals surface area contributed by atoms with E-state index < -0.39 is 0 Å². The molecular weight excluding hydrogens is 144 g/mol. The monoisotopic (exact) mass is 166 g/mol. The molecule has 0 atom stereocenters. The van der Waals surface area contributed by atoms with Crippen LogP contribution in [0.3, 0.4) is 0 Å². The molecule has 0 N–H and O–H groups in total. The first-order chi connectivity index (χ1) is 5.00. The van der Waals surface area contributed by atoms with Crippen molar-refractivity contribution in [1.29, 1.82) is 0 Å². The average Bonchev–Trinajstić information content (AvgIpc) is 2.67. The zero-order valence-electron chi connectivity index (χ0n) is 9.78. The summed E-state index contributed by atoms with van der Waals surface area (Å²) in [7, 11) is 0. The molecule has 0 radical (unpaired) electrons. The topological polar surface area (TPSA) is 0 Å². The quantitative estimate of drug-likeness (QED) is 0.481. The smallest absolute Gasteiger partial charge is 1.00 e. The summed E-state index contributed by atoms with van der Waals surface area (Å²) >= 11 is 0. The summed E-state index contributed by atoms with van der Waals surface area (Å²) in [4.78, 5) is 0. The standard InChI is InChI=1S/2C5H10.Mg.2H/c2*1-2-4-5-3-1;;;/h2*1-5H2;;;/q;;+2;2*-1. The van der Waals surface area contributed by atoms with Crippen molar-refractivity contribution >= 4 is 23.1 Å². The van der Waals surface area contributed by atoms with Crippen molar-refractivity contribution in [3.8, 4) is 0 Å². The second-order valence-corrected chi connectivity index (χ2v) is 3.54. The normalized spacial score (nSPS) is 21.8. The van der Waals surface area contributed by atoms with Gasteiger partial charge in [0.15, 0.2) is 0 Å². The molecule has 1 heteroatoms. The molecule has 2 aliphatic rings. The van der Waals surface area contributed by atoms with Crippen molar-refractivity contribution in [3.63, 3.8) is 0 Å². The average molecular weight is 167 g/mol. The van der Waals surface area contributed by atoms with Crippen LogP contribution in [-0.4, -0.2) is 23.1 Å². The minimum absolute atomic E-state index is 0. The van der Waals surface area contributed by atoms with Gasteiger partial charge in [0.2, 0.25) is 0 Å². The zero-order valence-corrected chi connectivity index (χ0v) is 9.19. The Kier molecular flexibility index (Phi) is 9.48. The van der Waals surface area contributed by atoms with Crippen LogP contribution < -0.4 is 0 Å². The van der Waals surface area contributed by atoms with Gasteiger partial charge in [0.1, 0.15) is 0 Å². The number of rotatable bonds is 0. The fourth-order valence-corrected chi connectivity index (χ4v) is 1.77. The van der Waals surface area contributed by atoms with Gasteiger partial charge in [-0.15, -0.1) is 0 Å². The molecule has 0 aliphatic heterocycles. The summed E-state index contributed by atoms with van der Waals surface area (Å²) in [6.45, 7) is 0. The summed E-state index contributed by atoms with van der Waals surface area (Å²) < 4.78 is 0. The molecule has 2 saturated carbocycles. The van der Waals surface area contributed by atoms with Gasteiger partial charge in [0.25, 0.3) is 0 Å². The second-order valence-electron chi connectivity index (χ2n) is 3.54. The summed E-state index contributed by atoms with van der Waals surface area (Å²) in [5.74, 6) is 0. The Bertz CT molecular complexity index is 46.1. The summed E-state index contributed by atoms with van der Waals surface area (Å²) in [5.41, 5.74) is 0. The van der Waals surface area contributed by atoms with Gasteiger partial charge in [-0.2, -0.15) is 0 Å². The van der Waals surface area contributed by atoms with E-state index in [-0.39, 0.29) is 25.9 Å². The molecule has 64 valence electrons. The Hall–Kier alpha value is 0.766. The molecular formula is C10H22Mg. The van der Waals surface area contributed by atoms with Crippen LogP contribution in [0, 0.1) is 0 Å². The number of hydrogen-bond donors (Lipinski definition) is 0. The van der Waals surface area contributed by atoms with Crippen molar-refractivity contribution in [2.24, 2.45) is 0 Å². The van der Waals surface area contributed by atoms with E-state index in [1.165, 1.54) is 64.2 Å². The molecule has 0 saturated heterocycles. The van der Waals surface area contributed by atoms with E-state index in [0.29, 0.717) is 0 Å². The molecule has 0 unspecified atom stereocenters. The molecule has 0 bridgehead atoms. The van der Waals surface area contributed by atoms with Gasteiger partial charge in [-0.3, -0.25) is 0 Å². The predicted molar refractivity (Wildman–Crippen MR) is 54.1 cm³/mol. The molecule has 0 spiro atoms. The molecule has 2 fully saturated rings. The molecule has 2 aliphatic carbocycles. The van der Waals surface area contributed by atoms with Gasteiger partial charge in [0.05, 0.1) is 0 Å². The van der Waals surface area contributed by atoms with E-state index in [4.69, 9.17) is 0 Å². The predicted octanol–water partition coefficient (Wildman–Crippen LogP) is 3.75. The maximum Gasteiger partial charge on any atom is 2.00 e. The molecule has 0 heterocycles. The van der Waals surface area contributed by atoms with Gasteiger partial charge in [-0.1, -0.05) is 64.2 Å². The molecule has 0 aromatic rings. The fourth-order valence-electron chi connectivity index (χ4n) is 1.77. The molecule has 0 nitrogen and oxygen atoms in total. The van der Waals surface area contributed by atoms with E-state index in [1.807, 2.05) is 0 Å². The van der Waals surface area contributed by atoms with E-state index >= 15 is 0 Å². The molecule has 2 rings (SSSR count). The van der Waals surface area contributed by atoms with E-state index in [2.05, 4.69) is 0 Å². The Labute approximate surface area is 90.3 Å². The summed E-state index contributed by atoms with van der Waals surface area (Å²) in [5, 5.41) is 0. The van der Waals surface area contributed by atoms with Crippen LogP contribution in [0.5, 0.6) is 0 Å². The third-order valence-corrected chi connectivity index (χ3v) is 2.50. The van der Waals surface area contributed by atoms with E-state index in [9.17, 15) is 0 Å². The Balaban J connectivity index is -0.000000125. The first-order valence-corrected chi connectivity index (χ1v) is 5.00. The molecule has 0 amide bonds. The van der Waals surface area contributed by atoms with Gasteiger partial charge in [-0.05, 0) is 0 Å². The molecule has 0 aromatic carbocycles. The van der Waals surface area contributed by atoms with Crippen molar-refractivity contribution in [3.05, 3.63) is 0 Å². The maximum atomic E-state index is 1.50. The van der Waals surface area contributed by atoms with E-state index in [1.54, 1.807) is 0 Å². The second kappa shape index (κ2) is 8.86. The fraction of sp³-hybridized carbons (Fsp3) is 1.00. The van der Waals surface area contributed by atoms with Crippen LogP contribution in [0.4, 0.5) is 0 Å². The van der Waals surface area contributed by atoms with Crippen LogP contribution in [0.25, 0.3) is 0 Å². The van der Waals surface area contributed by atoms with Crippen molar-refractivity contribution < 1.29 is 2.85 Å². The zero-order chi connectivity index (χ0) is 7.07. The van der Waals surface area contributed by atoms with Crippen LogP contribution in [-0.2, 0) is 0 Å². The van der Waals surface area contributed by atoms with Crippen LogP contribution >= 0.6 is 0 Å². The van der Waals surface area contributed by atoms with Crippen molar-refractivity contribution in [1.82, 2.24) is 0 Å². The first-order valence-electron chi connectivity index (χ1n) is 5.00. The van der Waals surface area contributed by atoms with E-state index in [0.717, 1.165) is 0 Å². The van der Waals surface area contributed by atoms with Gasteiger partial charge in [0, 0.05) is 0 Å². The van der Waals surface area contributed by atoms with Crippen LogP contribution in [0.15, 0.2) is 0 Å². The largest absolute Gasteiger partial charge is 2.00 e. The minimum Gasteiger partial charge on any atom is -1.00 e. The third kappa shape index (κ3) is 7.14. The minimum atomic E-state index is 0. The Morgan fingerprint density at radius 1 is 0.364 bits per heavy atom. The number of hydrogen-bond acceptors (Lipinski definition) is 0. The van der Waals surface area contributed by atoms with Crippen molar-refractivity contribution in [2.75, 3.05) is 0 Å². The summed E-state index contributed by atoms with van der Waals surface area (Å²) in [6.07, 6.45) is 15.0. The Morgan fingerprint density at radius 2 is 0.455 bits per heavy atom. The first kappa shape index (κ1) is 11.8. The van der Waals surface area contributed by atoms with Crippen molar-refractivity contribution in [2.45, 2.75) is 64.2 Å².